The van der Waals surface area contributed by atoms with Crippen LogP contribution in [0.25, 0.3) is 0 Å². The fourth-order valence-corrected chi connectivity index (χ4v) is 3.81. The van der Waals surface area contributed by atoms with Crippen molar-refractivity contribution < 1.29 is 14.0 Å². The summed E-state index contributed by atoms with van der Waals surface area (Å²) < 4.78 is 5.77. The molecule has 2 N–H and O–H groups in total. The molecule has 0 saturated heterocycles. The Bertz CT molecular complexity index is 1280. The Labute approximate surface area is 205 Å². The predicted octanol–water partition coefficient (Wildman–Crippen LogP) is 5.97. The van der Waals surface area contributed by atoms with E-state index in [0.29, 0.717) is 16.1 Å². The monoisotopic (exact) mass is 515 g/mol. The largest absolute Gasteiger partial charge is 0.444 e. The van der Waals surface area contributed by atoms with Crippen molar-refractivity contribution in [1.29, 1.82) is 0 Å². The summed E-state index contributed by atoms with van der Waals surface area (Å²) in [6, 6.07) is 29.7. The lowest BCUT2D eigenvalue weighted by molar-refractivity contribution is -0.121. The lowest BCUT2D eigenvalue weighted by Gasteiger charge is -2.16. The standard InChI is InChI=1S/C27H22BrN3O3/c1-18(21-13-8-14-22(17-21)29-26(32)23-15-16-24(28)34-23)30-31-27(33)25(19-9-4-2-5-10-19)20-11-6-3-7-12-20/h2-17,25H,1H3,(H,29,32)(H,31,33). The fourth-order valence-electron chi connectivity index (χ4n) is 3.51. The van der Waals surface area contributed by atoms with E-state index in [9.17, 15) is 9.59 Å². The molecule has 0 bridgehead atoms. The molecule has 4 aromatic rings. The molecule has 0 radical (unpaired) electrons. The number of halogens is 1. The number of carbonyl (C=O) groups excluding carboxylic acids is 2. The summed E-state index contributed by atoms with van der Waals surface area (Å²) in [6.07, 6.45) is 0. The Morgan fingerprint density at radius 2 is 1.50 bits per heavy atom. The average Bonchev–Trinajstić information content (AvgIpc) is 3.31. The van der Waals surface area contributed by atoms with Crippen LogP contribution in [0.5, 0.6) is 0 Å². The van der Waals surface area contributed by atoms with Crippen LogP contribution in [0.1, 0.15) is 40.1 Å². The van der Waals surface area contributed by atoms with Gasteiger partial charge in [-0.2, -0.15) is 5.10 Å². The van der Waals surface area contributed by atoms with E-state index in [1.807, 2.05) is 66.7 Å². The molecule has 4 rings (SSSR count). The van der Waals surface area contributed by atoms with Gasteiger partial charge in [0, 0.05) is 5.69 Å². The van der Waals surface area contributed by atoms with E-state index >= 15 is 0 Å². The van der Waals surface area contributed by atoms with Gasteiger partial charge in [-0.15, -0.1) is 0 Å². The van der Waals surface area contributed by atoms with Crippen LogP contribution in [0.3, 0.4) is 0 Å². The highest BCUT2D eigenvalue weighted by atomic mass is 79.9. The van der Waals surface area contributed by atoms with Gasteiger partial charge in [0.25, 0.3) is 11.8 Å². The van der Waals surface area contributed by atoms with E-state index in [2.05, 4.69) is 31.8 Å². The molecule has 0 fully saturated rings. The molecule has 3 aromatic carbocycles. The number of carbonyl (C=O) groups is 2. The van der Waals surface area contributed by atoms with Crippen LogP contribution in [-0.2, 0) is 4.79 Å². The molecule has 170 valence electrons. The van der Waals surface area contributed by atoms with Crippen LogP contribution >= 0.6 is 15.9 Å². The van der Waals surface area contributed by atoms with Crippen LogP contribution in [0.2, 0.25) is 0 Å². The third kappa shape index (κ3) is 5.68. The van der Waals surface area contributed by atoms with Gasteiger partial charge in [-0.1, -0.05) is 72.8 Å². The Kier molecular flexibility index (Phi) is 7.34. The van der Waals surface area contributed by atoms with Crippen molar-refractivity contribution in [2.24, 2.45) is 5.10 Å². The first-order valence-electron chi connectivity index (χ1n) is 10.6. The maximum atomic E-state index is 13.2. The Hall–Kier alpha value is -3.97. The molecule has 0 atom stereocenters. The molecule has 0 aliphatic rings. The number of hydrazone groups is 1. The molecule has 0 saturated carbocycles. The van der Waals surface area contributed by atoms with Crippen LogP contribution in [0.4, 0.5) is 5.69 Å². The molecule has 0 aliphatic heterocycles. The maximum Gasteiger partial charge on any atom is 0.291 e. The van der Waals surface area contributed by atoms with Crippen molar-refractivity contribution in [3.8, 4) is 0 Å². The molecular weight excluding hydrogens is 494 g/mol. The topological polar surface area (TPSA) is 83.7 Å². The van der Waals surface area contributed by atoms with Crippen molar-refractivity contribution in [2.45, 2.75) is 12.8 Å². The second-order valence-corrected chi connectivity index (χ2v) is 8.35. The summed E-state index contributed by atoms with van der Waals surface area (Å²) in [4.78, 5) is 25.5. The summed E-state index contributed by atoms with van der Waals surface area (Å²) in [5, 5.41) is 7.12. The van der Waals surface area contributed by atoms with Crippen LogP contribution in [-0.4, -0.2) is 17.5 Å². The van der Waals surface area contributed by atoms with Crippen molar-refractivity contribution in [3.63, 3.8) is 0 Å². The highest BCUT2D eigenvalue weighted by Crippen LogP contribution is 2.25. The zero-order valence-corrected chi connectivity index (χ0v) is 20.0. The second kappa shape index (κ2) is 10.8. The molecule has 7 heteroatoms. The fraction of sp³-hybridized carbons (Fsp3) is 0.0741. The van der Waals surface area contributed by atoms with Crippen LogP contribution < -0.4 is 10.7 Å². The zero-order valence-electron chi connectivity index (χ0n) is 18.4. The first-order chi connectivity index (χ1) is 16.5. The minimum absolute atomic E-state index is 0.197. The minimum atomic E-state index is -0.489. The number of rotatable bonds is 7. The maximum absolute atomic E-state index is 13.2. The first kappa shape index (κ1) is 23.2. The van der Waals surface area contributed by atoms with E-state index < -0.39 is 5.92 Å². The number of benzene rings is 3. The van der Waals surface area contributed by atoms with E-state index in [1.165, 1.54) is 0 Å². The number of nitrogens with one attached hydrogen (secondary N) is 2. The van der Waals surface area contributed by atoms with E-state index in [0.717, 1.165) is 16.7 Å². The summed E-state index contributed by atoms with van der Waals surface area (Å²) in [6.45, 7) is 1.80. The van der Waals surface area contributed by atoms with Gasteiger partial charge in [-0.05, 0) is 63.8 Å². The van der Waals surface area contributed by atoms with Crippen molar-refractivity contribution in [2.75, 3.05) is 5.32 Å². The SMILES string of the molecule is CC(=NNC(=O)C(c1ccccc1)c1ccccc1)c1cccc(NC(=O)c2ccc(Br)o2)c1. The molecule has 0 spiro atoms. The second-order valence-electron chi connectivity index (χ2n) is 7.57. The molecule has 34 heavy (non-hydrogen) atoms. The number of anilines is 1. The Balaban J connectivity index is 1.50. The summed E-state index contributed by atoms with van der Waals surface area (Å²) in [5.74, 6) is -0.885. The van der Waals surface area contributed by atoms with Crippen molar-refractivity contribution in [3.05, 3.63) is 124 Å². The van der Waals surface area contributed by atoms with Gasteiger partial charge < -0.3 is 9.73 Å². The number of hydrogen-bond acceptors (Lipinski definition) is 4. The third-order valence-corrected chi connectivity index (χ3v) is 5.62. The Morgan fingerprint density at radius 1 is 0.853 bits per heavy atom. The lowest BCUT2D eigenvalue weighted by atomic mass is 9.91. The first-order valence-corrected chi connectivity index (χ1v) is 11.4. The van der Waals surface area contributed by atoms with E-state index in [1.54, 1.807) is 37.3 Å². The average molecular weight is 516 g/mol. The summed E-state index contributed by atoms with van der Waals surface area (Å²) in [5.41, 5.74) is 6.42. The van der Waals surface area contributed by atoms with E-state index in [-0.39, 0.29) is 17.6 Å². The number of nitrogens with zero attached hydrogens (tertiary/aromatic N) is 1. The summed E-state index contributed by atoms with van der Waals surface area (Å²) in [7, 11) is 0. The molecule has 2 amide bonds. The summed E-state index contributed by atoms with van der Waals surface area (Å²) >= 11 is 3.19. The normalized spacial score (nSPS) is 11.3. The van der Waals surface area contributed by atoms with Gasteiger partial charge >= 0.3 is 0 Å². The molecule has 1 aromatic heterocycles. The lowest BCUT2D eigenvalue weighted by Crippen LogP contribution is -2.27. The van der Waals surface area contributed by atoms with Crippen molar-refractivity contribution in [1.82, 2.24) is 5.43 Å². The Morgan fingerprint density at radius 3 is 2.09 bits per heavy atom. The molecule has 1 heterocycles. The van der Waals surface area contributed by atoms with Gasteiger partial charge in [-0.25, -0.2) is 5.43 Å². The number of furan rings is 1. The van der Waals surface area contributed by atoms with E-state index in [4.69, 9.17) is 4.42 Å². The quantitative estimate of drug-likeness (QED) is 0.235. The van der Waals surface area contributed by atoms with Crippen LogP contribution in [0.15, 0.2) is 111 Å². The predicted molar refractivity (Wildman–Crippen MR) is 136 cm³/mol. The van der Waals surface area contributed by atoms with Gasteiger partial charge in [0.2, 0.25) is 0 Å². The van der Waals surface area contributed by atoms with Crippen LogP contribution in [0, 0.1) is 0 Å². The molecule has 0 aliphatic carbocycles. The van der Waals surface area contributed by atoms with Gasteiger partial charge in [-0.3, -0.25) is 9.59 Å². The smallest absolute Gasteiger partial charge is 0.291 e. The zero-order chi connectivity index (χ0) is 23.9. The highest BCUT2D eigenvalue weighted by molar-refractivity contribution is 9.10. The van der Waals surface area contributed by atoms with Gasteiger partial charge in [0.1, 0.15) is 0 Å². The van der Waals surface area contributed by atoms with Gasteiger partial charge in [0.05, 0.1) is 11.6 Å². The highest BCUT2D eigenvalue weighted by Gasteiger charge is 2.22. The molecular formula is C27H22BrN3O3. The third-order valence-electron chi connectivity index (χ3n) is 5.20. The number of hydrogen-bond donors (Lipinski definition) is 2. The van der Waals surface area contributed by atoms with Crippen molar-refractivity contribution >= 4 is 39.1 Å². The molecule has 6 nitrogen and oxygen atoms in total. The van der Waals surface area contributed by atoms with Gasteiger partial charge in [0.15, 0.2) is 10.4 Å². The molecule has 0 unspecified atom stereocenters. The minimum Gasteiger partial charge on any atom is -0.444 e. The number of amides is 2.